The molecule has 1 fully saturated rings. The molecule has 1 aliphatic heterocycles. The van der Waals surface area contributed by atoms with E-state index in [4.69, 9.17) is 0 Å². The minimum absolute atomic E-state index is 0.131. The number of nitrogens with zero attached hydrogens (tertiary/aromatic N) is 6. The van der Waals surface area contributed by atoms with E-state index < -0.39 is 17.7 Å². The van der Waals surface area contributed by atoms with E-state index in [0.717, 1.165) is 11.6 Å². The molecule has 0 spiro atoms. The molecule has 1 saturated heterocycles. The van der Waals surface area contributed by atoms with Gasteiger partial charge in [0.2, 0.25) is 5.91 Å². The fraction of sp³-hybridized carbons (Fsp3) is 0.350. The molecule has 0 unspecified atom stereocenters. The summed E-state index contributed by atoms with van der Waals surface area (Å²) in [6.45, 7) is 0.813. The van der Waals surface area contributed by atoms with Crippen LogP contribution in [0.1, 0.15) is 24.0 Å². The molecule has 3 aromatic rings. The molecule has 0 aliphatic carbocycles. The zero-order valence-electron chi connectivity index (χ0n) is 16.5. The van der Waals surface area contributed by atoms with Crippen LogP contribution in [-0.2, 0) is 17.5 Å². The first-order valence-electron chi connectivity index (χ1n) is 9.77. The number of hydrogen-bond donors (Lipinski definition) is 1. The molecule has 8 nitrogen and oxygen atoms in total. The van der Waals surface area contributed by atoms with Gasteiger partial charge in [-0.25, -0.2) is 19.6 Å². The Hall–Kier alpha value is -3.50. The zero-order chi connectivity index (χ0) is 21.8. The predicted octanol–water partition coefficient (Wildman–Crippen LogP) is 2.61. The molecule has 0 saturated carbocycles. The summed E-state index contributed by atoms with van der Waals surface area (Å²) in [5.74, 6) is -0.243. The normalized spacial score (nSPS) is 16.9. The zero-order valence-corrected chi connectivity index (χ0v) is 16.5. The predicted molar refractivity (Wildman–Crippen MR) is 105 cm³/mol. The Morgan fingerprint density at radius 3 is 2.68 bits per heavy atom. The number of carbonyl (C=O) groups excluding carboxylic acids is 1. The maximum atomic E-state index is 13.4. The maximum Gasteiger partial charge on any atom is 0.419 e. The Kier molecular flexibility index (Phi) is 5.83. The highest BCUT2D eigenvalue weighted by atomic mass is 19.4. The smallest absolute Gasteiger partial charge is 0.355 e. The van der Waals surface area contributed by atoms with Crippen LogP contribution >= 0.6 is 0 Å². The lowest BCUT2D eigenvalue weighted by atomic mass is 9.96. The first-order chi connectivity index (χ1) is 14.9. The molecule has 1 N–H and O–H groups in total. The molecule has 0 aromatic carbocycles. The van der Waals surface area contributed by atoms with Crippen molar-refractivity contribution in [1.29, 1.82) is 0 Å². The first kappa shape index (κ1) is 20.8. The van der Waals surface area contributed by atoms with Gasteiger partial charge in [0.1, 0.15) is 18.5 Å². The lowest BCUT2D eigenvalue weighted by molar-refractivity contribution is -0.137. The molecule has 31 heavy (non-hydrogen) atoms. The molecule has 0 bridgehead atoms. The molecule has 3 aromatic heterocycles. The van der Waals surface area contributed by atoms with Gasteiger partial charge in [0.15, 0.2) is 5.82 Å². The molecule has 1 atom stereocenters. The average Bonchev–Trinajstić information content (AvgIpc) is 3.32. The summed E-state index contributed by atoms with van der Waals surface area (Å²) < 4.78 is 41.6. The Labute approximate surface area is 176 Å². The van der Waals surface area contributed by atoms with Gasteiger partial charge in [-0.15, -0.1) is 0 Å². The third kappa shape index (κ3) is 4.65. The third-order valence-corrected chi connectivity index (χ3v) is 5.14. The van der Waals surface area contributed by atoms with E-state index in [0.29, 0.717) is 25.2 Å². The molecule has 162 valence electrons. The Morgan fingerprint density at radius 2 is 1.94 bits per heavy atom. The van der Waals surface area contributed by atoms with Gasteiger partial charge in [0.05, 0.1) is 11.5 Å². The molecule has 0 radical (unpaired) electrons. The van der Waals surface area contributed by atoms with Crippen molar-refractivity contribution >= 4 is 11.7 Å². The van der Waals surface area contributed by atoms with E-state index >= 15 is 0 Å². The van der Waals surface area contributed by atoms with Crippen LogP contribution in [0.15, 0.2) is 49.3 Å². The van der Waals surface area contributed by atoms with E-state index in [1.54, 1.807) is 17.2 Å². The van der Waals surface area contributed by atoms with Crippen molar-refractivity contribution in [1.82, 2.24) is 30.0 Å². The monoisotopic (exact) mass is 431 g/mol. The van der Waals surface area contributed by atoms with E-state index in [-0.39, 0.29) is 24.8 Å². The Balaban J connectivity index is 1.44. The summed E-state index contributed by atoms with van der Waals surface area (Å²) in [6.07, 6.45) is 2.55. The second-order valence-corrected chi connectivity index (χ2v) is 7.20. The number of aromatic nitrogens is 5. The number of pyridine rings is 2. The SMILES string of the molecule is O=C(NCc1cccnc1-n1cncn1)[C@H]1CCCN(c2ncccc2C(F)(F)F)C1. The lowest BCUT2D eigenvalue weighted by Gasteiger charge is -2.34. The molecule has 1 amide bonds. The van der Waals surface area contributed by atoms with Crippen LogP contribution in [0.5, 0.6) is 0 Å². The largest absolute Gasteiger partial charge is 0.419 e. The fourth-order valence-corrected chi connectivity index (χ4v) is 3.67. The van der Waals surface area contributed by atoms with Crippen LogP contribution in [0.2, 0.25) is 0 Å². The number of halogens is 3. The summed E-state index contributed by atoms with van der Waals surface area (Å²) in [5.41, 5.74) is -0.0398. The highest BCUT2D eigenvalue weighted by molar-refractivity contribution is 5.79. The topological polar surface area (TPSA) is 88.8 Å². The summed E-state index contributed by atoms with van der Waals surface area (Å²) in [6, 6.07) is 5.85. The van der Waals surface area contributed by atoms with Gasteiger partial charge in [0.25, 0.3) is 0 Å². The Morgan fingerprint density at radius 1 is 1.16 bits per heavy atom. The van der Waals surface area contributed by atoms with Gasteiger partial charge in [-0.1, -0.05) is 6.07 Å². The number of alkyl halides is 3. The van der Waals surface area contributed by atoms with Crippen LogP contribution < -0.4 is 10.2 Å². The standard InChI is InChI=1S/C20H20F3N7O/c21-20(22,23)16-6-2-8-26-18(16)29-9-3-5-15(11-29)19(31)27-10-14-4-1-7-25-17(14)30-13-24-12-28-30/h1-2,4,6-8,12-13,15H,3,5,9-11H2,(H,27,31)/t15-/m0/s1. The fourth-order valence-electron chi connectivity index (χ4n) is 3.67. The number of hydrogen-bond acceptors (Lipinski definition) is 6. The van der Waals surface area contributed by atoms with Gasteiger partial charge in [-0.05, 0) is 31.0 Å². The van der Waals surface area contributed by atoms with E-state index in [1.165, 1.54) is 29.6 Å². The van der Waals surface area contributed by atoms with Gasteiger partial charge >= 0.3 is 6.18 Å². The highest BCUT2D eigenvalue weighted by Crippen LogP contribution is 2.36. The van der Waals surface area contributed by atoms with Crippen molar-refractivity contribution in [2.75, 3.05) is 18.0 Å². The molecule has 4 heterocycles. The second-order valence-electron chi connectivity index (χ2n) is 7.20. The van der Waals surface area contributed by atoms with Crippen LogP contribution in [-0.4, -0.2) is 43.7 Å². The van der Waals surface area contributed by atoms with Crippen molar-refractivity contribution in [3.8, 4) is 5.82 Å². The lowest BCUT2D eigenvalue weighted by Crippen LogP contribution is -2.43. The molecule has 11 heteroatoms. The van der Waals surface area contributed by atoms with E-state index in [9.17, 15) is 18.0 Å². The number of nitrogens with one attached hydrogen (secondary N) is 1. The summed E-state index contributed by atoms with van der Waals surface area (Å²) in [5, 5.41) is 6.94. The molecular formula is C20H20F3N7O. The molecule has 4 rings (SSSR count). The summed E-state index contributed by atoms with van der Waals surface area (Å²) in [4.78, 5) is 26.5. The number of rotatable bonds is 5. The molecular weight excluding hydrogens is 411 g/mol. The quantitative estimate of drug-likeness (QED) is 0.668. The van der Waals surface area contributed by atoms with Crippen LogP contribution in [0, 0.1) is 5.92 Å². The minimum Gasteiger partial charge on any atom is -0.355 e. The van der Waals surface area contributed by atoms with Crippen LogP contribution in [0.3, 0.4) is 0 Å². The van der Waals surface area contributed by atoms with E-state index in [1.807, 2.05) is 6.07 Å². The number of anilines is 1. The van der Waals surface area contributed by atoms with E-state index in [2.05, 4.69) is 25.4 Å². The van der Waals surface area contributed by atoms with Crippen molar-refractivity contribution in [3.63, 3.8) is 0 Å². The van der Waals surface area contributed by atoms with Crippen molar-refractivity contribution in [3.05, 3.63) is 60.4 Å². The number of carbonyl (C=O) groups is 1. The summed E-state index contributed by atoms with van der Waals surface area (Å²) in [7, 11) is 0. The van der Waals surface area contributed by atoms with Gasteiger partial charge in [-0.3, -0.25) is 4.79 Å². The van der Waals surface area contributed by atoms with Crippen molar-refractivity contribution in [2.45, 2.75) is 25.6 Å². The second kappa shape index (κ2) is 8.70. The maximum absolute atomic E-state index is 13.4. The van der Waals surface area contributed by atoms with Gasteiger partial charge in [0, 0.05) is 37.6 Å². The highest BCUT2D eigenvalue weighted by Gasteiger charge is 2.37. The first-order valence-corrected chi connectivity index (χ1v) is 9.77. The Bertz CT molecular complexity index is 1040. The minimum atomic E-state index is -4.50. The van der Waals surface area contributed by atoms with Crippen LogP contribution in [0.4, 0.5) is 19.0 Å². The number of piperidine rings is 1. The third-order valence-electron chi connectivity index (χ3n) is 5.14. The van der Waals surface area contributed by atoms with Crippen LogP contribution in [0.25, 0.3) is 5.82 Å². The average molecular weight is 431 g/mol. The van der Waals surface area contributed by atoms with Gasteiger partial charge in [-0.2, -0.15) is 18.3 Å². The summed E-state index contributed by atoms with van der Waals surface area (Å²) >= 11 is 0. The molecule has 1 aliphatic rings. The number of amides is 1. The van der Waals surface area contributed by atoms with Crippen molar-refractivity contribution < 1.29 is 18.0 Å². The van der Waals surface area contributed by atoms with Crippen molar-refractivity contribution in [2.24, 2.45) is 5.92 Å². The van der Waals surface area contributed by atoms with Gasteiger partial charge < -0.3 is 10.2 Å².